The van der Waals surface area contributed by atoms with Crippen LogP contribution in [-0.2, 0) is 0 Å². The lowest BCUT2D eigenvalue weighted by Crippen LogP contribution is -2.46. The third-order valence-corrected chi connectivity index (χ3v) is 5.62. The molecule has 1 aromatic heterocycles. The summed E-state index contributed by atoms with van der Waals surface area (Å²) in [5.74, 6) is 1.04. The fraction of sp³-hybridized carbons (Fsp3) is 0.364. The van der Waals surface area contributed by atoms with E-state index in [1.165, 1.54) is 0 Å². The number of benzene rings is 2. The van der Waals surface area contributed by atoms with Crippen LogP contribution in [0.5, 0.6) is 5.75 Å². The van der Waals surface area contributed by atoms with Crippen molar-refractivity contribution in [1.29, 1.82) is 0 Å². The average Bonchev–Trinajstić information content (AvgIpc) is 3.11. The number of urea groups is 1. The number of methoxy groups -OCH3 is 1. The largest absolute Gasteiger partial charge is 0.494 e. The fourth-order valence-electron chi connectivity index (χ4n) is 3.76. The Hall–Kier alpha value is -3.06. The summed E-state index contributed by atoms with van der Waals surface area (Å²) in [6.07, 6.45) is 1.12. The molecular weight excluding hydrogens is 368 g/mol. The standard InChI is InChI=1S/C22H26N4O3/c1-14-6-4-5-7-15(14)16-8-9-17(29-3)19-18(16)23-20(24-19)25-21(27)26-12-10-22(2,28)11-13-26/h4-9,28H,10-13H2,1-3H3,(H2,23,24,25,27). The SMILES string of the molecule is COc1ccc(-c2ccccc2C)c2nc(NC(=O)N3CCC(C)(O)CC3)[nH]c12. The van der Waals surface area contributed by atoms with Crippen molar-refractivity contribution < 1.29 is 14.6 Å². The van der Waals surface area contributed by atoms with Crippen LogP contribution in [0.3, 0.4) is 0 Å². The third-order valence-electron chi connectivity index (χ3n) is 5.62. The molecule has 0 radical (unpaired) electrons. The van der Waals surface area contributed by atoms with E-state index in [-0.39, 0.29) is 6.03 Å². The number of piperidine rings is 1. The monoisotopic (exact) mass is 394 g/mol. The first-order chi connectivity index (χ1) is 13.9. The summed E-state index contributed by atoms with van der Waals surface area (Å²) >= 11 is 0. The Bertz CT molecular complexity index is 1050. The molecule has 29 heavy (non-hydrogen) atoms. The normalized spacial score (nSPS) is 16.1. The van der Waals surface area contributed by atoms with E-state index in [2.05, 4.69) is 34.3 Å². The summed E-state index contributed by atoms with van der Waals surface area (Å²) in [5, 5.41) is 12.9. The highest BCUT2D eigenvalue weighted by molar-refractivity contribution is 5.99. The van der Waals surface area contributed by atoms with Gasteiger partial charge in [0, 0.05) is 18.7 Å². The number of carbonyl (C=O) groups is 1. The minimum Gasteiger partial charge on any atom is -0.494 e. The van der Waals surface area contributed by atoms with E-state index >= 15 is 0 Å². The first-order valence-corrected chi connectivity index (χ1v) is 9.79. The number of imidazole rings is 1. The van der Waals surface area contributed by atoms with Crippen LogP contribution < -0.4 is 10.1 Å². The maximum absolute atomic E-state index is 12.7. The Morgan fingerprint density at radius 1 is 1.21 bits per heavy atom. The van der Waals surface area contributed by atoms with E-state index in [4.69, 9.17) is 4.74 Å². The molecule has 1 aliphatic rings. The number of nitrogens with one attached hydrogen (secondary N) is 2. The maximum Gasteiger partial charge on any atom is 0.324 e. The van der Waals surface area contributed by atoms with Gasteiger partial charge in [-0.25, -0.2) is 9.78 Å². The summed E-state index contributed by atoms with van der Waals surface area (Å²) in [5.41, 5.74) is 3.99. The molecule has 3 aromatic rings. The highest BCUT2D eigenvalue weighted by Crippen LogP contribution is 2.35. The van der Waals surface area contributed by atoms with Crippen molar-refractivity contribution >= 4 is 23.0 Å². The zero-order valence-corrected chi connectivity index (χ0v) is 17.0. The zero-order chi connectivity index (χ0) is 20.6. The van der Waals surface area contributed by atoms with Crippen molar-refractivity contribution in [3.63, 3.8) is 0 Å². The molecule has 1 saturated heterocycles. The molecule has 2 amide bonds. The van der Waals surface area contributed by atoms with Gasteiger partial charge in [-0.15, -0.1) is 0 Å². The lowest BCUT2D eigenvalue weighted by molar-refractivity contribution is 0.00569. The lowest BCUT2D eigenvalue weighted by atomic mass is 9.94. The summed E-state index contributed by atoms with van der Waals surface area (Å²) in [6, 6.07) is 11.8. The van der Waals surface area contributed by atoms with Crippen molar-refractivity contribution in [2.45, 2.75) is 32.3 Å². The Labute approximate surface area is 169 Å². The number of nitrogens with zero attached hydrogens (tertiary/aromatic N) is 2. The van der Waals surface area contributed by atoms with Gasteiger partial charge in [0.05, 0.1) is 12.7 Å². The van der Waals surface area contributed by atoms with Gasteiger partial charge in [0.25, 0.3) is 0 Å². The average molecular weight is 394 g/mol. The minimum absolute atomic E-state index is 0.226. The van der Waals surface area contributed by atoms with Crippen LogP contribution >= 0.6 is 0 Å². The Morgan fingerprint density at radius 3 is 2.62 bits per heavy atom. The van der Waals surface area contributed by atoms with Gasteiger partial charge in [-0.2, -0.15) is 0 Å². The summed E-state index contributed by atoms with van der Waals surface area (Å²) in [7, 11) is 1.61. The summed E-state index contributed by atoms with van der Waals surface area (Å²) in [6.45, 7) is 4.89. The smallest absolute Gasteiger partial charge is 0.324 e. The molecule has 4 rings (SSSR count). The molecule has 0 unspecified atom stereocenters. The molecule has 0 atom stereocenters. The van der Waals surface area contributed by atoms with E-state index in [0.717, 1.165) is 27.7 Å². The Morgan fingerprint density at radius 2 is 1.93 bits per heavy atom. The molecule has 0 saturated carbocycles. The van der Waals surface area contributed by atoms with Crippen molar-refractivity contribution in [1.82, 2.24) is 14.9 Å². The number of aryl methyl sites for hydroxylation is 1. The molecule has 0 bridgehead atoms. The van der Waals surface area contributed by atoms with Gasteiger partial charge in [-0.05, 0) is 49.9 Å². The van der Waals surface area contributed by atoms with Gasteiger partial charge in [0.1, 0.15) is 16.8 Å². The second-order valence-electron chi connectivity index (χ2n) is 7.85. The van der Waals surface area contributed by atoms with E-state index in [0.29, 0.717) is 37.6 Å². The predicted octanol–water partition coefficient (Wildman–Crippen LogP) is 3.93. The Kier molecular flexibility index (Phi) is 4.92. The van der Waals surface area contributed by atoms with Crippen LogP contribution in [0, 0.1) is 6.92 Å². The molecule has 0 aliphatic carbocycles. The van der Waals surface area contributed by atoms with E-state index in [9.17, 15) is 9.90 Å². The molecule has 7 nitrogen and oxygen atoms in total. The molecule has 1 aliphatic heterocycles. The number of aromatic nitrogens is 2. The quantitative estimate of drug-likeness (QED) is 0.628. The number of rotatable bonds is 3. The number of aromatic amines is 1. The van der Waals surface area contributed by atoms with Crippen LogP contribution in [0.2, 0.25) is 0 Å². The fourth-order valence-corrected chi connectivity index (χ4v) is 3.76. The first-order valence-electron chi connectivity index (χ1n) is 9.79. The molecule has 0 spiro atoms. The second kappa shape index (κ2) is 7.40. The number of likely N-dealkylation sites (tertiary alicyclic amines) is 1. The lowest BCUT2D eigenvalue weighted by Gasteiger charge is -2.35. The van der Waals surface area contributed by atoms with Gasteiger partial charge in [-0.3, -0.25) is 5.32 Å². The summed E-state index contributed by atoms with van der Waals surface area (Å²) in [4.78, 5) is 22.2. The van der Waals surface area contributed by atoms with Gasteiger partial charge in [0.15, 0.2) is 0 Å². The van der Waals surface area contributed by atoms with Crippen molar-refractivity contribution in [2.75, 3.05) is 25.5 Å². The topological polar surface area (TPSA) is 90.5 Å². The van der Waals surface area contributed by atoms with Crippen LogP contribution in [0.15, 0.2) is 36.4 Å². The molecule has 7 heteroatoms. The first kappa shape index (κ1) is 19.3. The van der Waals surface area contributed by atoms with Crippen LogP contribution in [0.1, 0.15) is 25.3 Å². The molecular formula is C22H26N4O3. The number of amides is 2. The molecule has 152 valence electrons. The Balaban J connectivity index is 1.66. The minimum atomic E-state index is -0.702. The van der Waals surface area contributed by atoms with Crippen LogP contribution in [-0.4, -0.2) is 51.8 Å². The van der Waals surface area contributed by atoms with Gasteiger partial charge >= 0.3 is 6.03 Å². The molecule has 2 heterocycles. The van der Waals surface area contributed by atoms with Gasteiger partial charge in [0.2, 0.25) is 5.95 Å². The number of fused-ring (bicyclic) bond motifs is 1. The third kappa shape index (κ3) is 3.78. The zero-order valence-electron chi connectivity index (χ0n) is 17.0. The second-order valence-corrected chi connectivity index (χ2v) is 7.85. The molecule has 2 aromatic carbocycles. The highest BCUT2D eigenvalue weighted by Gasteiger charge is 2.30. The number of carbonyl (C=O) groups excluding carboxylic acids is 1. The number of hydrogen-bond donors (Lipinski definition) is 3. The van der Waals surface area contributed by atoms with E-state index < -0.39 is 5.60 Å². The van der Waals surface area contributed by atoms with E-state index in [1.807, 2.05) is 24.3 Å². The number of H-pyrrole nitrogens is 1. The van der Waals surface area contributed by atoms with Crippen molar-refractivity contribution in [3.05, 3.63) is 42.0 Å². The highest BCUT2D eigenvalue weighted by atomic mass is 16.5. The molecule has 1 fully saturated rings. The van der Waals surface area contributed by atoms with Gasteiger partial charge in [-0.1, -0.05) is 24.3 Å². The predicted molar refractivity (Wildman–Crippen MR) is 113 cm³/mol. The van der Waals surface area contributed by atoms with Gasteiger partial charge < -0.3 is 19.7 Å². The number of ether oxygens (including phenoxy) is 1. The summed E-state index contributed by atoms with van der Waals surface area (Å²) < 4.78 is 5.48. The molecule has 3 N–H and O–H groups in total. The van der Waals surface area contributed by atoms with Crippen LogP contribution in [0.25, 0.3) is 22.2 Å². The van der Waals surface area contributed by atoms with Crippen molar-refractivity contribution in [3.8, 4) is 16.9 Å². The number of aliphatic hydroxyl groups is 1. The maximum atomic E-state index is 12.7. The number of anilines is 1. The van der Waals surface area contributed by atoms with E-state index in [1.54, 1.807) is 18.9 Å². The van der Waals surface area contributed by atoms with Crippen molar-refractivity contribution in [2.24, 2.45) is 0 Å². The number of hydrogen-bond acceptors (Lipinski definition) is 4. The van der Waals surface area contributed by atoms with Crippen LogP contribution in [0.4, 0.5) is 10.7 Å².